The molecule has 36 heavy (non-hydrogen) atoms. The van der Waals surface area contributed by atoms with Gasteiger partial charge in [-0.15, -0.1) is 0 Å². The van der Waals surface area contributed by atoms with Crippen molar-refractivity contribution >= 4 is 17.1 Å². The number of fused-ring (bicyclic) bond motifs is 1. The third-order valence-corrected chi connectivity index (χ3v) is 7.18. The molecule has 2 aliphatic rings. The van der Waals surface area contributed by atoms with Crippen molar-refractivity contribution in [2.45, 2.75) is 57.7 Å². The van der Waals surface area contributed by atoms with Crippen LogP contribution in [0.3, 0.4) is 0 Å². The van der Waals surface area contributed by atoms with Gasteiger partial charge in [0.05, 0.1) is 43.3 Å². The van der Waals surface area contributed by atoms with Gasteiger partial charge < -0.3 is 14.4 Å². The average Bonchev–Trinajstić information content (AvgIpc) is 2.88. The Kier molecular flexibility index (Phi) is 6.67. The van der Waals surface area contributed by atoms with E-state index < -0.39 is 18.0 Å². The van der Waals surface area contributed by atoms with Gasteiger partial charge in [0.25, 0.3) is 0 Å². The van der Waals surface area contributed by atoms with Crippen LogP contribution in [0.15, 0.2) is 18.3 Å². The van der Waals surface area contributed by atoms with E-state index in [0.717, 1.165) is 12.0 Å². The predicted molar refractivity (Wildman–Crippen MR) is 127 cm³/mol. The van der Waals surface area contributed by atoms with Gasteiger partial charge in [0.2, 0.25) is 11.8 Å². The Morgan fingerprint density at radius 3 is 2.61 bits per heavy atom. The van der Waals surface area contributed by atoms with Gasteiger partial charge in [-0.1, -0.05) is 12.8 Å². The minimum atomic E-state index is -4.31. The molecule has 0 bridgehead atoms. The number of aromatic nitrogens is 5. The molecule has 4 heterocycles. The SMILES string of the molecule is COc1cc([C@@H]2CN(c3nc([C@H]4CCCCC4C(F)(F)F)c4nc(C)c(C)nc4n3)CCO2)ccn1. The van der Waals surface area contributed by atoms with Crippen LogP contribution >= 0.6 is 0 Å². The van der Waals surface area contributed by atoms with E-state index in [1.807, 2.05) is 24.0 Å². The van der Waals surface area contributed by atoms with Crippen molar-refractivity contribution < 1.29 is 22.6 Å². The summed E-state index contributed by atoms with van der Waals surface area (Å²) in [4.78, 5) is 24.7. The number of aryl methyl sites for hydroxylation is 2. The number of hydrogen-bond acceptors (Lipinski definition) is 8. The molecule has 3 aromatic rings. The first kappa shape index (κ1) is 24.6. The second-order valence-electron chi connectivity index (χ2n) is 9.45. The molecule has 1 aliphatic heterocycles. The lowest BCUT2D eigenvalue weighted by atomic mass is 9.76. The summed E-state index contributed by atoms with van der Waals surface area (Å²) in [6.07, 6.45) is -1.16. The molecule has 11 heteroatoms. The lowest BCUT2D eigenvalue weighted by Gasteiger charge is -2.35. The van der Waals surface area contributed by atoms with Crippen molar-refractivity contribution in [3.05, 3.63) is 41.0 Å². The van der Waals surface area contributed by atoms with Gasteiger partial charge in [0.15, 0.2) is 5.65 Å². The van der Waals surface area contributed by atoms with Gasteiger partial charge in [-0.25, -0.2) is 19.9 Å². The normalized spacial score (nSPS) is 23.2. The number of anilines is 1. The van der Waals surface area contributed by atoms with Gasteiger partial charge >= 0.3 is 6.18 Å². The Morgan fingerprint density at radius 2 is 1.83 bits per heavy atom. The third-order valence-electron chi connectivity index (χ3n) is 7.18. The number of pyridine rings is 1. The van der Waals surface area contributed by atoms with Crippen LogP contribution in [0.5, 0.6) is 5.88 Å². The van der Waals surface area contributed by atoms with E-state index in [1.54, 1.807) is 20.2 Å². The fourth-order valence-electron chi connectivity index (χ4n) is 5.14. The summed E-state index contributed by atoms with van der Waals surface area (Å²) >= 11 is 0. The fourth-order valence-corrected chi connectivity index (χ4v) is 5.14. The Balaban J connectivity index is 1.56. The summed E-state index contributed by atoms with van der Waals surface area (Å²) in [7, 11) is 1.55. The summed E-state index contributed by atoms with van der Waals surface area (Å²) in [5, 5.41) is 0. The molecule has 192 valence electrons. The quantitative estimate of drug-likeness (QED) is 0.500. The van der Waals surface area contributed by atoms with Gasteiger partial charge in [-0.2, -0.15) is 18.2 Å². The van der Waals surface area contributed by atoms with Crippen molar-refractivity contribution in [1.29, 1.82) is 0 Å². The van der Waals surface area contributed by atoms with Crippen molar-refractivity contribution in [3.63, 3.8) is 0 Å². The molecule has 2 fully saturated rings. The molecule has 1 saturated heterocycles. The van der Waals surface area contributed by atoms with Crippen molar-refractivity contribution in [1.82, 2.24) is 24.9 Å². The molecule has 0 spiro atoms. The zero-order valence-electron chi connectivity index (χ0n) is 20.5. The summed E-state index contributed by atoms with van der Waals surface area (Å²) in [6, 6.07) is 3.67. The summed E-state index contributed by atoms with van der Waals surface area (Å²) in [6.45, 7) is 4.99. The number of ether oxygens (including phenoxy) is 2. The fraction of sp³-hybridized carbons (Fsp3) is 0.560. The Bertz CT molecular complexity index is 1250. The molecule has 0 amide bonds. The smallest absolute Gasteiger partial charge is 0.392 e. The highest BCUT2D eigenvalue weighted by Crippen LogP contribution is 2.47. The van der Waals surface area contributed by atoms with Crippen LogP contribution in [-0.2, 0) is 4.74 Å². The first-order chi connectivity index (χ1) is 17.2. The van der Waals surface area contributed by atoms with Crippen LogP contribution in [0, 0.1) is 19.8 Å². The topological polar surface area (TPSA) is 86.2 Å². The van der Waals surface area contributed by atoms with Crippen molar-refractivity contribution in [2.24, 2.45) is 5.92 Å². The maximum absolute atomic E-state index is 14.1. The Hall–Kier alpha value is -3.08. The number of hydrogen-bond donors (Lipinski definition) is 0. The van der Waals surface area contributed by atoms with Crippen LogP contribution in [-0.4, -0.2) is 57.9 Å². The molecule has 1 saturated carbocycles. The molecule has 0 N–H and O–H groups in total. The number of morpholine rings is 1. The number of nitrogens with zero attached hydrogens (tertiary/aromatic N) is 6. The first-order valence-electron chi connectivity index (χ1n) is 12.2. The monoisotopic (exact) mass is 502 g/mol. The standard InChI is InChI=1S/C25H29F3N6O2/c1-14-15(2)31-23-22(30-14)21(17-6-4-5-7-18(17)25(26,27)28)32-24(33-23)34-10-11-36-19(13-34)16-8-9-29-20(12-16)35-3/h8-9,12,17-19H,4-7,10-11,13H2,1-3H3/t17-,18?,19-/m0/s1. The van der Waals surface area contributed by atoms with Crippen LogP contribution in [0.25, 0.3) is 11.2 Å². The third kappa shape index (κ3) is 4.80. The van der Waals surface area contributed by atoms with Crippen LogP contribution < -0.4 is 9.64 Å². The average molecular weight is 503 g/mol. The number of rotatable bonds is 4. The molecule has 5 rings (SSSR count). The number of halogens is 3. The highest BCUT2D eigenvalue weighted by molar-refractivity contribution is 5.75. The van der Waals surface area contributed by atoms with E-state index in [-0.39, 0.29) is 12.5 Å². The largest absolute Gasteiger partial charge is 0.481 e. The maximum atomic E-state index is 14.1. The van der Waals surface area contributed by atoms with Crippen LogP contribution in [0.2, 0.25) is 0 Å². The first-order valence-corrected chi connectivity index (χ1v) is 12.2. The van der Waals surface area contributed by atoms with E-state index in [1.165, 1.54) is 0 Å². The van der Waals surface area contributed by atoms with Gasteiger partial charge in [-0.05, 0) is 38.3 Å². The molecule has 1 unspecified atom stereocenters. The lowest BCUT2D eigenvalue weighted by molar-refractivity contribution is -0.187. The Morgan fingerprint density at radius 1 is 1.06 bits per heavy atom. The molecule has 3 atom stereocenters. The molecule has 0 aromatic carbocycles. The van der Waals surface area contributed by atoms with E-state index in [4.69, 9.17) is 14.5 Å². The Labute approximate surface area is 207 Å². The van der Waals surface area contributed by atoms with Crippen LogP contribution in [0.4, 0.5) is 19.1 Å². The molecule has 0 radical (unpaired) electrons. The summed E-state index contributed by atoms with van der Waals surface area (Å²) in [5.41, 5.74) is 3.30. The van der Waals surface area contributed by atoms with Gasteiger partial charge in [0.1, 0.15) is 11.6 Å². The van der Waals surface area contributed by atoms with E-state index >= 15 is 0 Å². The second-order valence-corrected chi connectivity index (χ2v) is 9.45. The summed E-state index contributed by atoms with van der Waals surface area (Å²) < 4.78 is 53.4. The predicted octanol–water partition coefficient (Wildman–Crippen LogP) is 4.85. The van der Waals surface area contributed by atoms with Crippen molar-refractivity contribution in [2.75, 3.05) is 31.7 Å². The van der Waals surface area contributed by atoms with Crippen molar-refractivity contribution in [3.8, 4) is 5.88 Å². The zero-order valence-corrected chi connectivity index (χ0v) is 20.5. The molecular formula is C25H29F3N6O2. The number of alkyl halides is 3. The van der Waals surface area contributed by atoms with E-state index in [0.29, 0.717) is 72.6 Å². The van der Waals surface area contributed by atoms with Gasteiger partial charge in [-0.3, -0.25) is 0 Å². The minimum Gasteiger partial charge on any atom is -0.481 e. The minimum absolute atomic E-state index is 0.0940. The van der Waals surface area contributed by atoms with E-state index in [2.05, 4.69) is 19.9 Å². The molecule has 8 nitrogen and oxygen atoms in total. The highest BCUT2D eigenvalue weighted by Gasteiger charge is 2.47. The summed E-state index contributed by atoms with van der Waals surface area (Å²) in [5.74, 6) is -1.40. The second kappa shape index (κ2) is 9.76. The van der Waals surface area contributed by atoms with Gasteiger partial charge in [0, 0.05) is 24.7 Å². The molecule has 3 aromatic heterocycles. The number of methoxy groups -OCH3 is 1. The highest BCUT2D eigenvalue weighted by atomic mass is 19.4. The zero-order chi connectivity index (χ0) is 25.4. The van der Waals surface area contributed by atoms with Crippen LogP contribution in [0.1, 0.15) is 60.4 Å². The maximum Gasteiger partial charge on any atom is 0.392 e. The lowest BCUT2D eigenvalue weighted by Crippen LogP contribution is -2.40. The van der Waals surface area contributed by atoms with E-state index in [9.17, 15) is 13.2 Å². The molecular weight excluding hydrogens is 473 g/mol. The molecule has 1 aliphatic carbocycles.